The Bertz CT molecular complexity index is 1170. The highest BCUT2D eigenvalue weighted by atomic mass is 19.2. The smallest absolute Gasteiger partial charge is 0.157 e. The van der Waals surface area contributed by atoms with Crippen molar-refractivity contribution in [2.45, 2.75) is 126 Å². The Morgan fingerprint density at radius 2 is 1.70 bits per heavy atom. The zero-order valence-corrected chi connectivity index (χ0v) is 29.5. The fraction of sp³-hybridized carbons (Fsp3) is 0.564. The molecule has 1 heterocycles. The fourth-order valence-electron chi connectivity index (χ4n) is 5.94. The molecule has 1 aliphatic carbocycles. The van der Waals surface area contributed by atoms with Gasteiger partial charge in [-0.2, -0.15) is 0 Å². The van der Waals surface area contributed by atoms with Crippen molar-refractivity contribution >= 4 is 17.0 Å². The van der Waals surface area contributed by atoms with Crippen molar-refractivity contribution in [1.29, 1.82) is 0 Å². The van der Waals surface area contributed by atoms with E-state index in [0.717, 1.165) is 34.9 Å². The maximum atomic E-state index is 14.6. The number of aliphatic imine (C=N–C) groups is 1. The van der Waals surface area contributed by atoms with Crippen LogP contribution in [0.5, 0.6) is 0 Å². The maximum absolute atomic E-state index is 14.6. The Balaban J connectivity index is 0.000000687. The van der Waals surface area contributed by atoms with Crippen LogP contribution in [0.2, 0.25) is 0 Å². The lowest BCUT2D eigenvalue weighted by Crippen LogP contribution is -2.41. The molecule has 2 unspecified atom stereocenters. The first-order chi connectivity index (χ1) is 21.1. The van der Waals surface area contributed by atoms with E-state index < -0.39 is 17.6 Å². The zero-order valence-electron chi connectivity index (χ0n) is 29.5. The molecule has 246 valence electrons. The number of rotatable bonds is 14. The van der Waals surface area contributed by atoms with E-state index in [1.165, 1.54) is 49.7 Å². The first-order valence-corrected chi connectivity index (χ1v) is 17.0. The number of hydrogen-bond acceptors (Lipinski definition) is 3. The summed E-state index contributed by atoms with van der Waals surface area (Å²) in [6.45, 7) is 22.7. The number of allylic oxidation sites excluding steroid dienone is 7. The van der Waals surface area contributed by atoms with Gasteiger partial charge in [-0.25, -0.2) is 8.78 Å². The van der Waals surface area contributed by atoms with Gasteiger partial charge in [-0.05, 0) is 80.1 Å². The summed E-state index contributed by atoms with van der Waals surface area (Å²) in [4.78, 5) is 6.68. The Kier molecular flexibility index (Phi) is 18.6. The van der Waals surface area contributed by atoms with E-state index in [4.69, 9.17) is 0 Å². The van der Waals surface area contributed by atoms with Gasteiger partial charge in [0, 0.05) is 31.3 Å². The Morgan fingerprint density at radius 1 is 1.09 bits per heavy atom. The summed E-state index contributed by atoms with van der Waals surface area (Å²) in [5.41, 5.74) is 6.49. The predicted octanol–water partition coefficient (Wildman–Crippen LogP) is 12.4. The van der Waals surface area contributed by atoms with Crippen LogP contribution < -0.4 is 5.32 Å². The monoisotopic (exact) mass is 609 g/mol. The molecular formula is C39H61F2N3. The maximum Gasteiger partial charge on any atom is 0.157 e. The molecule has 2 aliphatic rings. The standard InChI is InChI=1S/C27H33F2N3.C10H22.C2H6/c1-7-13-32(6)27(31-21-10-12-22(17(3)4)19(8-2)14-21)24-15-20(16-30-24)23-11-9-18(5)25(28)26(23)29;1-4-7-10(8-5-2)9-6-3;1-2/h7,9-10,12-14,16,23,27,31H,3,8,11,15H2,1-2,4-6H3;10H,4-9H2,1-3H3;1-2H3/b13-7-;;. The Hall–Kier alpha value is -2.95. The molecule has 2 atom stereocenters. The number of aryl methyl sites for hydroxylation is 1. The van der Waals surface area contributed by atoms with E-state index >= 15 is 0 Å². The van der Waals surface area contributed by atoms with Crippen LogP contribution in [0.3, 0.4) is 0 Å². The highest BCUT2D eigenvalue weighted by Crippen LogP contribution is 2.39. The summed E-state index contributed by atoms with van der Waals surface area (Å²) in [7, 11) is 1.98. The van der Waals surface area contributed by atoms with E-state index in [0.29, 0.717) is 18.4 Å². The van der Waals surface area contributed by atoms with Crippen LogP contribution in [0.15, 0.2) is 77.1 Å². The summed E-state index contributed by atoms with van der Waals surface area (Å²) in [6, 6.07) is 6.29. The van der Waals surface area contributed by atoms with Crippen LogP contribution in [-0.2, 0) is 6.42 Å². The third kappa shape index (κ3) is 11.5. The summed E-state index contributed by atoms with van der Waals surface area (Å²) in [5.74, 6) is -0.961. The van der Waals surface area contributed by atoms with Gasteiger partial charge in [0.15, 0.2) is 5.83 Å². The molecule has 0 aromatic heterocycles. The molecule has 1 aromatic rings. The van der Waals surface area contributed by atoms with Crippen LogP contribution in [0, 0.1) is 11.8 Å². The van der Waals surface area contributed by atoms with E-state index in [9.17, 15) is 8.78 Å². The van der Waals surface area contributed by atoms with E-state index in [1.54, 1.807) is 19.2 Å². The third-order valence-corrected chi connectivity index (χ3v) is 8.20. The summed E-state index contributed by atoms with van der Waals surface area (Å²) < 4.78 is 28.8. The minimum atomic E-state index is -0.735. The lowest BCUT2D eigenvalue weighted by molar-refractivity contribution is 0.407. The van der Waals surface area contributed by atoms with Crippen molar-refractivity contribution in [3.05, 3.63) is 83.3 Å². The lowest BCUT2D eigenvalue weighted by atomic mass is 9.87. The fourth-order valence-corrected chi connectivity index (χ4v) is 5.94. The number of nitrogens with zero attached hydrogens (tertiary/aromatic N) is 2. The molecule has 1 N–H and O–H groups in total. The molecule has 0 radical (unpaired) electrons. The molecule has 0 saturated heterocycles. The van der Waals surface area contributed by atoms with Crippen LogP contribution in [0.1, 0.15) is 125 Å². The van der Waals surface area contributed by atoms with Gasteiger partial charge >= 0.3 is 0 Å². The van der Waals surface area contributed by atoms with Crippen molar-refractivity contribution in [3.8, 4) is 0 Å². The lowest BCUT2D eigenvalue weighted by Gasteiger charge is -2.30. The molecule has 0 bridgehead atoms. The molecule has 0 spiro atoms. The molecule has 44 heavy (non-hydrogen) atoms. The number of nitrogens with one attached hydrogen (secondary N) is 1. The molecule has 1 aliphatic heterocycles. The Labute approximate surface area is 269 Å². The third-order valence-electron chi connectivity index (χ3n) is 8.20. The molecule has 3 rings (SSSR count). The molecule has 3 nitrogen and oxygen atoms in total. The van der Waals surface area contributed by atoms with Gasteiger partial charge in [-0.1, -0.05) is 110 Å². The zero-order chi connectivity index (χ0) is 33.2. The van der Waals surface area contributed by atoms with Crippen molar-refractivity contribution in [1.82, 2.24) is 4.90 Å². The summed E-state index contributed by atoms with van der Waals surface area (Å²) in [5, 5.41) is 3.59. The normalized spacial score (nSPS) is 16.8. The first-order valence-electron chi connectivity index (χ1n) is 17.0. The molecule has 0 saturated carbocycles. The average molecular weight is 610 g/mol. The van der Waals surface area contributed by atoms with Crippen molar-refractivity contribution in [2.24, 2.45) is 16.8 Å². The van der Waals surface area contributed by atoms with Crippen molar-refractivity contribution in [3.63, 3.8) is 0 Å². The van der Waals surface area contributed by atoms with Gasteiger partial charge in [0.2, 0.25) is 0 Å². The Morgan fingerprint density at radius 3 is 2.23 bits per heavy atom. The molecule has 5 heteroatoms. The van der Waals surface area contributed by atoms with Crippen LogP contribution in [0.25, 0.3) is 5.57 Å². The number of halogens is 2. The minimum absolute atomic E-state index is 0.210. The van der Waals surface area contributed by atoms with Crippen molar-refractivity contribution in [2.75, 3.05) is 12.4 Å². The molecule has 0 amide bonds. The predicted molar refractivity (Wildman–Crippen MR) is 191 cm³/mol. The SMILES string of the molecule is C=C(C)c1ccc(NC(C2=NC=C(C3CC=C(C)C(F)=C3F)C2)N(C)/C=C\C)cc1CC.CC.CCCC(CCC)CCC. The first kappa shape index (κ1) is 39.1. The second-order valence-electron chi connectivity index (χ2n) is 11.8. The van der Waals surface area contributed by atoms with Crippen LogP contribution >= 0.6 is 0 Å². The second kappa shape index (κ2) is 20.9. The van der Waals surface area contributed by atoms with Gasteiger partial charge in [0.25, 0.3) is 0 Å². The average Bonchev–Trinajstić information content (AvgIpc) is 3.50. The second-order valence-corrected chi connectivity index (χ2v) is 11.8. The largest absolute Gasteiger partial charge is 0.360 e. The minimum Gasteiger partial charge on any atom is -0.360 e. The quantitative estimate of drug-likeness (QED) is 0.212. The number of anilines is 1. The molecular weight excluding hydrogens is 548 g/mol. The number of benzene rings is 1. The topological polar surface area (TPSA) is 27.6 Å². The van der Waals surface area contributed by atoms with Crippen LogP contribution in [-0.4, -0.2) is 23.8 Å². The highest BCUT2D eigenvalue weighted by molar-refractivity contribution is 5.95. The van der Waals surface area contributed by atoms with E-state index in [-0.39, 0.29) is 6.17 Å². The van der Waals surface area contributed by atoms with Gasteiger partial charge in [0.05, 0.1) is 5.71 Å². The molecule has 0 fully saturated rings. The highest BCUT2D eigenvalue weighted by Gasteiger charge is 2.31. The van der Waals surface area contributed by atoms with Crippen molar-refractivity contribution < 1.29 is 8.78 Å². The summed E-state index contributed by atoms with van der Waals surface area (Å²) >= 11 is 0. The van der Waals surface area contributed by atoms with Gasteiger partial charge in [0.1, 0.15) is 12.0 Å². The van der Waals surface area contributed by atoms with Gasteiger partial charge in [-0.3, -0.25) is 4.99 Å². The summed E-state index contributed by atoms with van der Waals surface area (Å²) in [6.07, 6.45) is 17.5. The van der Waals surface area contributed by atoms with E-state index in [2.05, 4.69) is 62.8 Å². The number of hydrogen-bond donors (Lipinski definition) is 1. The van der Waals surface area contributed by atoms with Gasteiger partial charge < -0.3 is 10.2 Å². The van der Waals surface area contributed by atoms with Crippen LogP contribution in [0.4, 0.5) is 14.5 Å². The van der Waals surface area contributed by atoms with Gasteiger partial charge in [-0.15, -0.1) is 0 Å². The molecule has 1 aromatic carbocycles. The van der Waals surface area contributed by atoms with E-state index in [1.807, 2.05) is 51.9 Å².